The Labute approximate surface area is 238 Å². The van der Waals surface area contributed by atoms with E-state index in [1.165, 1.54) is 24.3 Å². The van der Waals surface area contributed by atoms with Gasteiger partial charge in [-0.05, 0) is 86.0 Å². The van der Waals surface area contributed by atoms with Gasteiger partial charge in [-0.3, -0.25) is 4.79 Å². The highest BCUT2D eigenvalue weighted by molar-refractivity contribution is 14.1. The fraction of sp³-hybridized carbons (Fsp3) is 0.440. The fourth-order valence-corrected chi connectivity index (χ4v) is 5.18. The number of halogens is 3. The quantitative estimate of drug-likeness (QED) is 0.356. The molecule has 0 spiro atoms. The van der Waals surface area contributed by atoms with Crippen LogP contribution in [0.4, 0.5) is 15.1 Å². The molecule has 2 N–H and O–H groups in total. The van der Waals surface area contributed by atoms with E-state index >= 15 is 0 Å². The molecule has 0 radical (unpaired) electrons. The van der Waals surface area contributed by atoms with E-state index in [1.54, 1.807) is 25.3 Å². The van der Waals surface area contributed by atoms with Crippen LogP contribution in [0.3, 0.4) is 0 Å². The van der Waals surface area contributed by atoms with Crippen molar-refractivity contribution in [2.45, 2.75) is 51.8 Å². The number of alkyl carbamates (subject to hydrolysis) is 1. The SMILES string of the molecule is CC(C)(C)OC(=O)N[C@@H]1CCCN(c2nc(I)c(C(=O)NC3=CCOC3=O)n2Cc2cc(F)ccc2Cl)C1. The van der Waals surface area contributed by atoms with E-state index in [2.05, 4.69) is 15.6 Å². The van der Waals surface area contributed by atoms with E-state index in [0.29, 0.717) is 33.3 Å². The van der Waals surface area contributed by atoms with Crippen molar-refractivity contribution in [1.82, 2.24) is 20.2 Å². The molecule has 38 heavy (non-hydrogen) atoms. The van der Waals surface area contributed by atoms with Crippen LogP contribution < -0.4 is 15.5 Å². The molecule has 1 fully saturated rings. The Bertz CT molecular complexity index is 1290. The summed E-state index contributed by atoms with van der Waals surface area (Å²) in [6.45, 7) is 6.55. The van der Waals surface area contributed by atoms with Gasteiger partial charge in [-0.25, -0.2) is 19.0 Å². The van der Waals surface area contributed by atoms with Gasteiger partial charge >= 0.3 is 12.1 Å². The number of ether oxygens (including phenoxy) is 2. The normalized spacial score (nSPS) is 17.6. The second kappa shape index (κ2) is 11.5. The molecule has 2 aromatic rings. The Morgan fingerprint density at radius 2 is 2.11 bits per heavy atom. The van der Waals surface area contributed by atoms with Crippen molar-refractivity contribution in [2.24, 2.45) is 0 Å². The van der Waals surface area contributed by atoms with E-state index in [-0.39, 0.29) is 30.6 Å². The van der Waals surface area contributed by atoms with Crippen molar-refractivity contribution in [3.8, 4) is 0 Å². The number of nitrogens with one attached hydrogen (secondary N) is 2. The topological polar surface area (TPSA) is 115 Å². The number of hydrogen-bond donors (Lipinski definition) is 2. The zero-order valence-electron chi connectivity index (χ0n) is 21.1. The molecule has 10 nitrogen and oxygen atoms in total. The monoisotopic (exact) mass is 659 g/mol. The summed E-state index contributed by atoms with van der Waals surface area (Å²) in [4.78, 5) is 44.2. The molecule has 0 aliphatic carbocycles. The lowest BCUT2D eigenvalue weighted by Gasteiger charge is -2.34. The van der Waals surface area contributed by atoms with E-state index in [9.17, 15) is 18.8 Å². The minimum Gasteiger partial charge on any atom is -0.457 e. The molecule has 0 bridgehead atoms. The number of benzene rings is 1. The maximum Gasteiger partial charge on any atom is 0.407 e. The summed E-state index contributed by atoms with van der Waals surface area (Å²) in [7, 11) is 0. The smallest absolute Gasteiger partial charge is 0.407 e. The summed E-state index contributed by atoms with van der Waals surface area (Å²) in [5, 5.41) is 5.83. The van der Waals surface area contributed by atoms with Gasteiger partial charge in [0, 0.05) is 24.2 Å². The summed E-state index contributed by atoms with van der Waals surface area (Å²) in [5.41, 5.74) is 0.0568. The first kappa shape index (κ1) is 28.1. The van der Waals surface area contributed by atoms with E-state index in [0.717, 1.165) is 12.8 Å². The molecule has 2 aliphatic rings. The summed E-state index contributed by atoms with van der Waals surface area (Å²) >= 11 is 8.32. The Morgan fingerprint density at radius 1 is 1.34 bits per heavy atom. The van der Waals surface area contributed by atoms with Gasteiger partial charge in [-0.2, -0.15) is 0 Å². The van der Waals surface area contributed by atoms with Crippen molar-refractivity contribution in [1.29, 1.82) is 0 Å². The van der Waals surface area contributed by atoms with Crippen molar-refractivity contribution >= 4 is 58.1 Å². The van der Waals surface area contributed by atoms with Gasteiger partial charge in [0.2, 0.25) is 5.95 Å². The predicted octanol–water partition coefficient (Wildman–Crippen LogP) is 3.99. The second-order valence-corrected chi connectivity index (χ2v) is 11.4. The Hall–Kier alpha value is -2.87. The van der Waals surface area contributed by atoms with Gasteiger partial charge in [0.1, 0.15) is 33.1 Å². The molecule has 1 aromatic heterocycles. The number of esters is 1. The minimum atomic E-state index is -0.627. The van der Waals surface area contributed by atoms with Crippen LogP contribution in [0.1, 0.15) is 49.7 Å². The maximum atomic E-state index is 14.1. The van der Waals surface area contributed by atoms with Crippen LogP contribution in [0.15, 0.2) is 30.0 Å². The van der Waals surface area contributed by atoms with E-state index in [4.69, 9.17) is 21.1 Å². The van der Waals surface area contributed by atoms with Gasteiger partial charge in [-0.1, -0.05) is 11.6 Å². The van der Waals surface area contributed by atoms with E-state index < -0.39 is 29.4 Å². The van der Waals surface area contributed by atoms with Gasteiger partial charge < -0.3 is 29.6 Å². The average Bonchev–Trinajstić information content (AvgIpc) is 3.37. The molecule has 1 saturated heterocycles. The van der Waals surface area contributed by atoms with Gasteiger partial charge in [0.25, 0.3) is 5.91 Å². The van der Waals surface area contributed by atoms with Crippen LogP contribution in [0, 0.1) is 9.52 Å². The lowest BCUT2D eigenvalue weighted by Crippen LogP contribution is -2.49. The molecule has 0 unspecified atom stereocenters. The molecular weight excluding hydrogens is 632 g/mol. The summed E-state index contributed by atoms with van der Waals surface area (Å²) in [6, 6.07) is 3.80. The minimum absolute atomic E-state index is 0.0449. The number of aromatic nitrogens is 2. The summed E-state index contributed by atoms with van der Waals surface area (Å²) < 4.78 is 26.4. The van der Waals surface area contributed by atoms with Crippen LogP contribution in [-0.2, 0) is 20.8 Å². The number of carbonyl (C=O) groups is 3. The number of rotatable bonds is 6. The van der Waals surface area contributed by atoms with Crippen LogP contribution in [0.5, 0.6) is 0 Å². The Kier molecular flexibility index (Phi) is 8.50. The highest BCUT2D eigenvalue weighted by Gasteiger charge is 2.31. The highest BCUT2D eigenvalue weighted by atomic mass is 127. The Balaban J connectivity index is 1.65. The summed E-state index contributed by atoms with van der Waals surface area (Å²) in [5.74, 6) is -1.20. The van der Waals surface area contributed by atoms with Crippen molar-refractivity contribution in [3.63, 3.8) is 0 Å². The average molecular weight is 660 g/mol. The van der Waals surface area contributed by atoms with Crippen LogP contribution in [0.25, 0.3) is 0 Å². The molecule has 1 atom stereocenters. The first-order valence-corrected chi connectivity index (χ1v) is 13.5. The van der Waals surface area contributed by atoms with Crippen LogP contribution in [0.2, 0.25) is 5.02 Å². The first-order chi connectivity index (χ1) is 17.9. The largest absolute Gasteiger partial charge is 0.457 e. The number of carbonyl (C=O) groups excluding carboxylic acids is 3. The molecule has 3 heterocycles. The number of hydrogen-bond acceptors (Lipinski definition) is 7. The summed E-state index contributed by atoms with van der Waals surface area (Å²) in [6.07, 6.45) is 2.47. The fourth-order valence-electron chi connectivity index (χ4n) is 4.25. The molecule has 13 heteroatoms. The lowest BCUT2D eigenvalue weighted by molar-refractivity contribution is -0.136. The highest BCUT2D eigenvalue weighted by Crippen LogP contribution is 2.28. The lowest BCUT2D eigenvalue weighted by atomic mass is 10.1. The zero-order valence-corrected chi connectivity index (χ0v) is 24.1. The van der Waals surface area contributed by atoms with Crippen LogP contribution in [-0.4, -0.2) is 58.9 Å². The third-order valence-corrected chi connectivity index (χ3v) is 6.97. The van der Waals surface area contributed by atoms with Crippen LogP contribution >= 0.6 is 34.2 Å². The molecule has 0 saturated carbocycles. The van der Waals surface area contributed by atoms with Crippen molar-refractivity contribution in [3.05, 3.63) is 55.8 Å². The van der Waals surface area contributed by atoms with Crippen molar-refractivity contribution < 1.29 is 28.2 Å². The van der Waals surface area contributed by atoms with Gasteiger partial charge in [-0.15, -0.1) is 0 Å². The zero-order chi connectivity index (χ0) is 27.6. The number of amides is 2. The predicted molar refractivity (Wildman–Crippen MR) is 147 cm³/mol. The molecule has 204 valence electrons. The number of anilines is 1. The molecule has 1 aromatic carbocycles. The number of cyclic esters (lactones) is 1. The third-order valence-electron chi connectivity index (χ3n) is 5.85. The molecule has 2 amide bonds. The first-order valence-electron chi connectivity index (χ1n) is 12.0. The number of imidazole rings is 1. The second-order valence-electron chi connectivity index (χ2n) is 9.97. The standard InChI is InChI=1S/C25H28ClFIN5O5/c1-25(2,3)38-24(36)29-16-5-4-9-32(13-16)23-31-20(28)19(21(34)30-18-8-10-37-22(18)35)33(23)12-14-11-15(27)6-7-17(14)26/h6-8,11,16H,4-5,9-10,12-13H2,1-3H3,(H,29,36)(H,30,34)/t16-/m1/s1. The van der Waals surface area contributed by atoms with Crippen molar-refractivity contribution in [2.75, 3.05) is 24.6 Å². The third kappa shape index (κ3) is 6.76. The Morgan fingerprint density at radius 3 is 2.79 bits per heavy atom. The molecule has 2 aliphatic heterocycles. The molecular formula is C25H28ClFIN5O5. The molecule has 4 rings (SSSR count). The van der Waals surface area contributed by atoms with Gasteiger partial charge in [0.15, 0.2) is 0 Å². The number of nitrogens with zero attached hydrogens (tertiary/aromatic N) is 3. The maximum absolute atomic E-state index is 14.1. The number of piperidine rings is 1. The van der Waals surface area contributed by atoms with E-state index in [1.807, 2.05) is 27.5 Å². The van der Waals surface area contributed by atoms with Gasteiger partial charge in [0.05, 0.1) is 6.54 Å².